The third kappa shape index (κ3) is 3.11. The van der Waals surface area contributed by atoms with Crippen molar-refractivity contribution in [3.05, 3.63) is 11.1 Å². The SMILES string of the molecule is COC(=O)/C(Cl)=C/CN. The normalized spacial score (nSPS) is 11.2. The number of hydrogen-bond donors (Lipinski definition) is 1. The van der Waals surface area contributed by atoms with Crippen molar-refractivity contribution in [2.24, 2.45) is 5.73 Å². The summed E-state index contributed by atoms with van der Waals surface area (Å²) >= 11 is 5.34. The topological polar surface area (TPSA) is 52.3 Å². The Bertz CT molecular complexity index is 133. The number of ether oxygens (including phenoxy) is 1. The van der Waals surface area contributed by atoms with Crippen molar-refractivity contribution in [3.63, 3.8) is 0 Å². The van der Waals surface area contributed by atoms with Crippen LogP contribution in [0.3, 0.4) is 0 Å². The third-order valence-corrected chi connectivity index (χ3v) is 0.986. The lowest BCUT2D eigenvalue weighted by Gasteiger charge is -1.93. The molecule has 0 rings (SSSR count). The molecule has 0 unspecified atom stereocenters. The van der Waals surface area contributed by atoms with Gasteiger partial charge in [-0.2, -0.15) is 0 Å². The van der Waals surface area contributed by atoms with E-state index < -0.39 is 5.97 Å². The minimum atomic E-state index is -0.554. The van der Waals surface area contributed by atoms with E-state index >= 15 is 0 Å². The molecule has 0 atom stereocenters. The van der Waals surface area contributed by atoms with Crippen molar-refractivity contribution in [1.29, 1.82) is 0 Å². The largest absolute Gasteiger partial charge is 0.465 e. The molecule has 0 heterocycles. The zero-order valence-corrected chi connectivity index (χ0v) is 5.81. The Morgan fingerprint density at radius 1 is 1.89 bits per heavy atom. The van der Waals surface area contributed by atoms with E-state index in [2.05, 4.69) is 4.74 Å². The predicted octanol–water partition coefficient (Wildman–Crippen LogP) is 0.241. The summed E-state index contributed by atoms with van der Waals surface area (Å²) < 4.78 is 4.27. The molecule has 4 heteroatoms. The van der Waals surface area contributed by atoms with Crippen molar-refractivity contribution in [2.45, 2.75) is 0 Å². The highest BCUT2D eigenvalue weighted by Gasteiger charge is 2.02. The zero-order valence-electron chi connectivity index (χ0n) is 5.06. The quantitative estimate of drug-likeness (QED) is 0.452. The summed E-state index contributed by atoms with van der Waals surface area (Å²) in [5, 5.41) is 0.0278. The van der Waals surface area contributed by atoms with Crippen molar-refractivity contribution >= 4 is 17.6 Å². The van der Waals surface area contributed by atoms with E-state index in [1.54, 1.807) is 0 Å². The van der Waals surface area contributed by atoms with Gasteiger partial charge in [-0.05, 0) is 6.08 Å². The van der Waals surface area contributed by atoms with Gasteiger partial charge in [0, 0.05) is 6.54 Å². The van der Waals surface area contributed by atoms with E-state index in [-0.39, 0.29) is 11.6 Å². The molecule has 0 amide bonds. The van der Waals surface area contributed by atoms with Crippen LogP contribution in [-0.2, 0) is 9.53 Å². The van der Waals surface area contributed by atoms with E-state index in [9.17, 15) is 4.79 Å². The smallest absolute Gasteiger partial charge is 0.349 e. The molecule has 52 valence electrons. The van der Waals surface area contributed by atoms with Gasteiger partial charge in [0.15, 0.2) is 0 Å². The van der Waals surface area contributed by atoms with E-state index in [1.807, 2.05) is 0 Å². The summed E-state index contributed by atoms with van der Waals surface area (Å²) in [5.41, 5.74) is 5.05. The number of esters is 1. The number of methoxy groups -OCH3 is 1. The van der Waals surface area contributed by atoms with Gasteiger partial charge in [-0.25, -0.2) is 4.79 Å². The fourth-order valence-electron chi connectivity index (χ4n) is 0.284. The Morgan fingerprint density at radius 3 is 2.78 bits per heavy atom. The van der Waals surface area contributed by atoms with E-state index in [1.165, 1.54) is 13.2 Å². The first-order chi connectivity index (χ1) is 4.22. The van der Waals surface area contributed by atoms with Crippen LogP contribution in [0.15, 0.2) is 11.1 Å². The average Bonchev–Trinajstić information content (AvgIpc) is 1.87. The second-order valence-corrected chi connectivity index (χ2v) is 1.69. The molecule has 2 N–H and O–H groups in total. The van der Waals surface area contributed by atoms with Gasteiger partial charge in [-0.15, -0.1) is 0 Å². The molecule has 0 saturated heterocycles. The zero-order chi connectivity index (χ0) is 7.28. The van der Waals surface area contributed by atoms with Crippen molar-refractivity contribution in [2.75, 3.05) is 13.7 Å². The molecule has 0 radical (unpaired) electrons. The maximum Gasteiger partial charge on any atom is 0.349 e. The molecule has 0 aliphatic carbocycles. The fourth-order valence-corrected chi connectivity index (χ4v) is 0.451. The molecule has 0 aromatic rings. The lowest BCUT2D eigenvalue weighted by atomic mass is 10.5. The number of carbonyl (C=O) groups is 1. The number of nitrogens with two attached hydrogens (primary N) is 1. The maximum atomic E-state index is 10.4. The molecular weight excluding hydrogens is 142 g/mol. The van der Waals surface area contributed by atoms with Crippen LogP contribution in [0.25, 0.3) is 0 Å². The Balaban J connectivity index is 3.86. The van der Waals surface area contributed by atoms with Crippen LogP contribution in [0.2, 0.25) is 0 Å². The minimum absolute atomic E-state index is 0.0278. The van der Waals surface area contributed by atoms with Crippen LogP contribution in [0, 0.1) is 0 Å². The molecule has 9 heavy (non-hydrogen) atoms. The van der Waals surface area contributed by atoms with E-state index in [0.717, 1.165) is 0 Å². The molecule has 0 spiro atoms. The number of halogens is 1. The first-order valence-electron chi connectivity index (χ1n) is 2.36. The third-order valence-electron chi connectivity index (χ3n) is 0.677. The average molecular weight is 150 g/mol. The van der Waals surface area contributed by atoms with Gasteiger partial charge in [-0.1, -0.05) is 11.6 Å². The molecule has 0 aliphatic rings. The maximum absolute atomic E-state index is 10.4. The molecule has 0 aromatic carbocycles. The predicted molar refractivity (Wildman–Crippen MR) is 35.0 cm³/mol. The summed E-state index contributed by atoms with van der Waals surface area (Å²) in [6, 6.07) is 0. The Morgan fingerprint density at radius 2 is 2.44 bits per heavy atom. The second-order valence-electron chi connectivity index (χ2n) is 1.28. The molecule has 0 saturated carbocycles. The van der Waals surface area contributed by atoms with E-state index in [0.29, 0.717) is 0 Å². The van der Waals surface area contributed by atoms with Gasteiger partial charge in [0.25, 0.3) is 0 Å². The van der Waals surface area contributed by atoms with Crippen LogP contribution in [0.5, 0.6) is 0 Å². The first-order valence-corrected chi connectivity index (χ1v) is 2.74. The van der Waals surface area contributed by atoms with Crippen molar-refractivity contribution in [3.8, 4) is 0 Å². The Hall–Kier alpha value is -0.540. The van der Waals surface area contributed by atoms with Gasteiger partial charge in [0.2, 0.25) is 0 Å². The molecule has 3 nitrogen and oxygen atoms in total. The summed E-state index contributed by atoms with van der Waals surface area (Å²) in [6.45, 7) is 0.244. The van der Waals surface area contributed by atoms with Crippen molar-refractivity contribution in [1.82, 2.24) is 0 Å². The highest BCUT2D eigenvalue weighted by Crippen LogP contribution is 2.00. The van der Waals surface area contributed by atoms with Gasteiger partial charge >= 0.3 is 5.97 Å². The monoisotopic (exact) mass is 149 g/mol. The summed E-state index contributed by atoms with van der Waals surface area (Å²) in [4.78, 5) is 10.4. The number of carbonyl (C=O) groups excluding carboxylic acids is 1. The lowest BCUT2D eigenvalue weighted by Crippen LogP contribution is -2.02. The van der Waals surface area contributed by atoms with Crippen LogP contribution in [-0.4, -0.2) is 19.6 Å². The van der Waals surface area contributed by atoms with Crippen LogP contribution < -0.4 is 5.73 Å². The number of rotatable bonds is 2. The first kappa shape index (κ1) is 8.46. The van der Waals surface area contributed by atoms with Crippen molar-refractivity contribution < 1.29 is 9.53 Å². The molecule has 0 bridgehead atoms. The second kappa shape index (κ2) is 4.35. The van der Waals surface area contributed by atoms with E-state index in [4.69, 9.17) is 17.3 Å². The van der Waals surface area contributed by atoms with Crippen LogP contribution >= 0.6 is 11.6 Å². The Labute approximate surface area is 58.4 Å². The van der Waals surface area contributed by atoms with Crippen LogP contribution in [0.4, 0.5) is 0 Å². The number of hydrogen-bond acceptors (Lipinski definition) is 3. The van der Waals surface area contributed by atoms with Crippen LogP contribution in [0.1, 0.15) is 0 Å². The molecular formula is C5H8ClNO2. The standard InChI is InChI=1S/C5H8ClNO2/c1-9-5(8)4(6)2-3-7/h2H,3,7H2,1H3/b4-2-. The van der Waals surface area contributed by atoms with Gasteiger partial charge in [0.05, 0.1) is 7.11 Å². The minimum Gasteiger partial charge on any atom is -0.465 e. The van der Waals surface area contributed by atoms with Gasteiger partial charge < -0.3 is 10.5 Å². The highest BCUT2D eigenvalue weighted by atomic mass is 35.5. The lowest BCUT2D eigenvalue weighted by molar-refractivity contribution is -0.135. The molecule has 0 fully saturated rings. The Kier molecular flexibility index (Phi) is 4.09. The fraction of sp³-hybridized carbons (Fsp3) is 0.400. The molecule has 0 aliphatic heterocycles. The summed E-state index contributed by atoms with van der Waals surface area (Å²) in [6.07, 6.45) is 1.38. The summed E-state index contributed by atoms with van der Waals surface area (Å²) in [5.74, 6) is -0.554. The van der Waals surface area contributed by atoms with Gasteiger partial charge in [0.1, 0.15) is 5.03 Å². The van der Waals surface area contributed by atoms with Gasteiger partial charge in [-0.3, -0.25) is 0 Å². The summed E-state index contributed by atoms with van der Waals surface area (Å²) in [7, 11) is 1.26. The molecule has 0 aromatic heterocycles. The highest BCUT2D eigenvalue weighted by molar-refractivity contribution is 6.41.